The number of halogens is 3. The van der Waals surface area contributed by atoms with Crippen LogP contribution in [0.5, 0.6) is 0 Å². The van der Waals surface area contributed by atoms with Crippen LogP contribution >= 0.6 is 0 Å². The van der Waals surface area contributed by atoms with Crippen LogP contribution in [-0.4, -0.2) is 45.3 Å². The molecule has 2 aliphatic rings. The van der Waals surface area contributed by atoms with E-state index in [0.29, 0.717) is 36.6 Å². The van der Waals surface area contributed by atoms with Crippen molar-refractivity contribution in [1.29, 1.82) is 0 Å². The first kappa shape index (κ1) is 23.4. The molecule has 184 valence electrons. The summed E-state index contributed by atoms with van der Waals surface area (Å²) in [5.74, 6) is -4.74. The Balaban J connectivity index is 1.38. The van der Waals surface area contributed by atoms with Crippen LogP contribution in [0.25, 0.3) is 5.69 Å². The summed E-state index contributed by atoms with van der Waals surface area (Å²) in [6.07, 6.45) is 7.75. The number of aromatic nitrogens is 4. The van der Waals surface area contributed by atoms with Gasteiger partial charge in [-0.05, 0) is 55.9 Å². The van der Waals surface area contributed by atoms with E-state index in [1.165, 1.54) is 0 Å². The Morgan fingerprint density at radius 2 is 1.91 bits per heavy atom. The average molecular weight is 487 g/mol. The fourth-order valence-corrected chi connectivity index (χ4v) is 4.55. The standard InChI is InChI=1S/C24H24F3N5O3/c25-18-10-15(11-19(26)23(18)27)9-16-5-7-31(24(16)33)20-13-30-32(17-4-6-28-29-12-17)21(20)14-35-22-3-1-2-8-34-22/h4,6,10-13,16,22H,1-3,5,7-9,14H2. The average Bonchev–Trinajstić information content (AvgIpc) is 3.45. The normalized spacial score (nSPS) is 20.5. The van der Waals surface area contributed by atoms with E-state index in [1.807, 2.05) is 0 Å². The van der Waals surface area contributed by atoms with E-state index in [0.717, 1.165) is 31.4 Å². The van der Waals surface area contributed by atoms with Gasteiger partial charge in [0.05, 0.1) is 42.3 Å². The molecule has 0 radical (unpaired) electrons. The molecule has 2 saturated heterocycles. The summed E-state index contributed by atoms with van der Waals surface area (Å²) in [6.45, 7) is 1.20. The maximum absolute atomic E-state index is 13.7. The third kappa shape index (κ3) is 4.92. The Morgan fingerprint density at radius 1 is 1.09 bits per heavy atom. The molecule has 0 bridgehead atoms. The van der Waals surface area contributed by atoms with E-state index in [-0.39, 0.29) is 30.8 Å². The third-order valence-electron chi connectivity index (χ3n) is 6.34. The highest BCUT2D eigenvalue weighted by Gasteiger charge is 2.35. The molecule has 2 atom stereocenters. The molecule has 2 aliphatic heterocycles. The minimum Gasteiger partial charge on any atom is -0.353 e. The summed E-state index contributed by atoms with van der Waals surface area (Å²) >= 11 is 0. The van der Waals surface area contributed by atoms with E-state index in [1.54, 1.807) is 34.2 Å². The Labute approximate surface area is 199 Å². The predicted molar refractivity (Wildman–Crippen MR) is 118 cm³/mol. The lowest BCUT2D eigenvalue weighted by Crippen LogP contribution is -2.29. The molecule has 3 aromatic rings. The molecule has 4 heterocycles. The van der Waals surface area contributed by atoms with Gasteiger partial charge in [-0.3, -0.25) is 4.79 Å². The summed E-state index contributed by atoms with van der Waals surface area (Å²) < 4.78 is 54.0. The van der Waals surface area contributed by atoms with Crippen molar-refractivity contribution < 1.29 is 27.4 Å². The van der Waals surface area contributed by atoms with Crippen LogP contribution in [-0.2, 0) is 27.3 Å². The maximum atomic E-state index is 13.7. The first-order valence-corrected chi connectivity index (χ1v) is 11.5. The number of hydrogen-bond acceptors (Lipinski definition) is 6. The second-order valence-corrected chi connectivity index (χ2v) is 8.65. The highest BCUT2D eigenvalue weighted by atomic mass is 19.2. The van der Waals surface area contributed by atoms with Crippen molar-refractivity contribution in [2.24, 2.45) is 5.92 Å². The van der Waals surface area contributed by atoms with Crippen molar-refractivity contribution in [1.82, 2.24) is 20.0 Å². The Hall–Kier alpha value is -3.31. The smallest absolute Gasteiger partial charge is 0.230 e. The zero-order valence-corrected chi connectivity index (χ0v) is 18.9. The predicted octanol–water partition coefficient (Wildman–Crippen LogP) is 3.72. The molecule has 1 amide bonds. The summed E-state index contributed by atoms with van der Waals surface area (Å²) in [7, 11) is 0. The van der Waals surface area contributed by atoms with Gasteiger partial charge in [0.15, 0.2) is 23.7 Å². The van der Waals surface area contributed by atoms with Crippen molar-refractivity contribution in [2.75, 3.05) is 18.1 Å². The highest BCUT2D eigenvalue weighted by molar-refractivity contribution is 5.97. The Bertz CT molecular complexity index is 1180. The quantitative estimate of drug-likeness (QED) is 0.473. The van der Waals surface area contributed by atoms with Gasteiger partial charge < -0.3 is 14.4 Å². The van der Waals surface area contributed by atoms with Gasteiger partial charge in [0.25, 0.3) is 0 Å². The number of ether oxygens (including phenoxy) is 2. The van der Waals surface area contributed by atoms with Gasteiger partial charge in [-0.1, -0.05) is 0 Å². The molecule has 8 nitrogen and oxygen atoms in total. The number of anilines is 1. The fraction of sp³-hybridized carbons (Fsp3) is 0.417. The molecular formula is C24H24F3N5O3. The molecule has 11 heteroatoms. The lowest BCUT2D eigenvalue weighted by molar-refractivity contribution is -0.169. The Morgan fingerprint density at radius 3 is 2.63 bits per heavy atom. The van der Waals surface area contributed by atoms with Crippen molar-refractivity contribution in [3.8, 4) is 5.69 Å². The minimum atomic E-state index is -1.52. The van der Waals surface area contributed by atoms with Crippen LogP contribution in [0.3, 0.4) is 0 Å². The van der Waals surface area contributed by atoms with Crippen molar-refractivity contribution >= 4 is 11.6 Å². The molecule has 35 heavy (non-hydrogen) atoms. The lowest BCUT2D eigenvalue weighted by Gasteiger charge is -2.24. The number of rotatable bonds is 7. The third-order valence-corrected chi connectivity index (χ3v) is 6.34. The van der Waals surface area contributed by atoms with Gasteiger partial charge in [0.2, 0.25) is 5.91 Å². The fourth-order valence-electron chi connectivity index (χ4n) is 4.55. The molecule has 0 spiro atoms. The van der Waals surface area contributed by atoms with Gasteiger partial charge >= 0.3 is 0 Å². The largest absolute Gasteiger partial charge is 0.353 e. The summed E-state index contributed by atoms with van der Waals surface area (Å²) in [4.78, 5) is 14.9. The molecule has 0 N–H and O–H groups in total. The molecule has 0 saturated carbocycles. The summed E-state index contributed by atoms with van der Waals surface area (Å²) in [6, 6.07) is 3.62. The van der Waals surface area contributed by atoms with E-state index in [9.17, 15) is 18.0 Å². The van der Waals surface area contributed by atoms with Gasteiger partial charge in [0, 0.05) is 19.1 Å². The number of nitrogens with zero attached hydrogens (tertiary/aromatic N) is 5. The van der Waals surface area contributed by atoms with Crippen LogP contribution in [0, 0.1) is 23.4 Å². The number of carbonyl (C=O) groups is 1. The zero-order valence-electron chi connectivity index (χ0n) is 18.9. The number of benzene rings is 1. The van der Waals surface area contributed by atoms with Gasteiger partial charge in [0.1, 0.15) is 0 Å². The minimum absolute atomic E-state index is 0.105. The SMILES string of the molecule is O=C1C(Cc2cc(F)c(F)c(F)c2)CCN1c1cnn(-c2ccnnc2)c1COC1CCCCO1. The van der Waals surface area contributed by atoms with Crippen LogP contribution < -0.4 is 4.90 Å². The van der Waals surface area contributed by atoms with Crippen LogP contribution in [0.1, 0.15) is 36.9 Å². The monoisotopic (exact) mass is 487 g/mol. The van der Waals surface area contributed by atoms with Gasteiger partial charge in [-0.15, -0.1) is 0 Å². The van der Waals surface area contributed by atoms with Gasteiger partial charge in [-0.25, -0.2) is 17.9 Å². The van der Waals surface area contributed by atoms with Crippen molar-refractivity contribution in [3.05, 3.63) is 65.5 Å². The molecule has 2 fully saturated rings. The molecule has 2 unspecified atom stereocenters. The molecule has 2 aromatic heterocycles. The van der Waals surface area contributed by atoms with Crippen molar-refractivity contribution in [3.63, 3.8) is 0 Å². The van der Waals surface area contributed by atoms with Crippen LogP contribution in [0.15, 0.2) is 36.8 Å². The van der Waals surface area contributed by atoms with Crippen LogP contribution in [0.2, 0.25) is 0 Å². The van der Waals surface area contributed by atoms with Crippen molar-refractivity contribution in [2.45, 2.75) is 45.0 Å². The maximum Gasteiger partial charge on any atom is 0.230 e. The second-order valence-electron chi connectivity index (χ2n) is 8.65. The van der Waals surface area contributed by atoms with E-state index in [4.69, 9.17) is 9.47 Å². The molecule has 1 aromatic carbocycles. The van der Waals surface area contributed by atoms with E-state index in [2.05, 4.69) is 15.3 Å². The molecular weight excluding hydrogens is 463 g/mol. The lowest BCUT2D eigenvalue weighted by atomic mass is 9.98. The van der Waals surface area contributed by atoms with E-state index >= 15 is 0 Å². The molecule has 0 aliphatic carbocycles. The summed E-state index contributed by atoms with van der Waals surface area (Å²) in [5, 5.41) is 12.2. The zero-order chi connectivity index (χ0) is 24.4. The Kier molecular flexibility index (Phi) is 6.78. The second kappa shape index (κ2) is 10.1. The van der Waals surface area contributed by atoms with E-state index < -0.39 is 23.4 Å². The van der Waals surface area contributed by atoms with Gasteiger partial charge in [-0.2, -0.15) is 15.3 Å². The number of hydrogen-bond donors (Lipinski definition) is 0. The first-order chi connectivity index (χ1) is 17.0. The number of carbonyl (C=O) groups excluding carboxylic acids is 1. The topological polar surface area (TPSA) is 82.4 Å². The summed E-state index contributed by atoms with van der Waals surface area (Å²) in [5.41, 5.74) is 2.13. The number of amides is 1. The highest BCUT2D eigenvalue weighted by Crippen LogP contribution is 2.32. The van der Waals surface area contributed by atoms with Crippen LogP contribution in [0.4, 0.5) is 18.9 Å². The molecule has 5 rings (SSSR count). The first-order valence-electron chi connectivity index (χ1n) is 11.5.